The minimum Gasteiger partial charge on any atom is -0.480 e. The van der Waals surface area contributed by atoms with Gasteiger partial charge in [0.2, 0.25) is 5.91 Å². The number of carboxylic acid groups (broad SMARTS) is 1. The highest BCUT2D eigenvalue weighted by atomic mass is 16.4. The smallest absolute Gasteiger partial charge is 0.328 e. The molecule has 0 aromatic carbocycles. The number of aliphatic hydroxyl groups excluding tert-OH is 1. The van der Waals surface area contributed by atoms with Gasteiger partial charge in [0.15, 0.2) is 6.04 Å². The lowest BCUT2D eigenvalue weighted by Crippen LogP contribution is -2.60. The second-order valence-electron chi connectivity index (χ2n) is 3.68. The van der Waals surface area contributed by atoms with Gasteiger partial charge in [-0.15, -0.1) is 0 Å². The van der Waals surface area contributed by atoms with Gasteiger partial charge in [0, 0.05) is 13.1 Å². The van der Waals surface area contributed by atoms with Gasteiger partial charge in [-0.25, -0.2) is 9.59 Å². The summed E-state index contributed by atoms with van der Waals surface area (Å²) in [4.78, 5) is 34.8. The Hall–Kier alpha value is -1.83. The number of carbonyl (C=O) groups is 3. The summed E-state index contributed by atoms with van der Waals surface area (Å²) in [5.74, 6) is -1.61. The molecule has 1 unspecified atom stereocenters. The van der Waals surface area contributed by atoms with E-state index in [0.717, 1.165) is 0 Å². The molecule has 17 heavy (non-hydrogen) atoms. The Morgan fingerprint density at radius 2 is 2.29 bits per heavy atom. The standard InChI is InChI=1S/C9H15N3O5/c1-5-7(14)10-2-3-12(5)9(17)11-6(4-13)8(15)16/h5-6,13H,2-4H2,1H3,(H,10,14)(H,11,17)(H,15,16)/t5?,6-/m1/s1. The van der Waals surface area contributed by atoms with Gasteiger partial charge in [0.1, 0.15) is 6.04 Å². The number of hydrogen-bond donors (Lipinski definition) is 4. The number of carbonyl (C=O) groups excluding carboxylic acids is 2. The van der Waals surface area contributed by atoms with Crippen LogP contribution in [-0.2, 0) is 9.59 Å². The highest BCUT2D eigenvalue weighted by Crippen LogP contribution is 2.04. The number of aliphatic hydroxyl groups is 1. The summed E-state index contributed by atoms with van der Waals surface area (Å²) in [5, 5.41) is 22.2. The number of carboxylic acids is 1. The van der Waals surface area contributed by atoms with Crippen LogP contribution < -0.4 is 10.6 Å². The van der Waals surface area contributed by atoms with Crippen LogP contribution in [0.2, 0.25) is 0 Å². The normalized spacial score (nSPS) is 21.6. The molecule has 1 aliphatic heterocycles. The molecule has 2 atom stereocenters. The zero-order chi connectivity index (χ0) is 13.0. The summed E-state index contributed by atoms with van der Waals surface area (Å²) in [6.07, 6.45) is 0. The zero-order valence-electron chi connectivity index (χ0n) is 9.34. The number of amides is 3. The van der Waals surface area contributed by atoms with E-state index in [2.05, 4.69) is 10.6 Å². The second kappa shape index (κ2) is 5.48. The van der Waals surface area contributed by atoms with Gasteiger partial charge in [-0.3, -0.25) is 4.79 Å². The molecule has 0 bridgehead atoms. The van der Waals surface area contributed by atoms with Crippen molar-refractivity contribution in [3.8, 4) is 0 Å². The molecule has 1 heterocycles. The van der Waals surface area contributed by atoms with Crippen molar-refractivity contribution in [2.24, 2.45) is 0 Å². The lowest BCUT2D eigenvalue weighted by atomic mass is 10.2. The number of nitrogens with zero attached hydrogens (tertiary/aromatic N) is 1. The Kier molecular flexibility index (Phi) is 4.27. The molecule has 4 N–H and O–H groups in total. The monoisotopic (exact) mass is 245 g/mol. The van der Waals surface area contributed by atoms with E-state index in [4.69, 9.17) is 10.2 Å². The van der Waals surface area contributed by atoms with Gasteiger partial charge in [-0.05, 0) is 6.92 Å². The maximum absolute atomic E-state index is 11.7. The first-order valence-electron chi connectivity index (χ1n) is 5.16. The predicted molar refractivity (Wildman–Crippen MR) is 56.2 cm³/mol. The first-order valence-corrected chi connectivity index (χ1v) is 5.16. The lowest BCUT2D eigenvalue weighted by Gasteiger charge is -2.33. The van der Waals surface area contributed by atoms with Crippen LogP contribution in [0.15, 0.2) is 0 Å². The van der Waals surface area contributed by atoms with Gasteiger partial charge in [-0.2, -0.15) is 0 Å². The molecule has 1 fully saturated rings. The molecule has 0 spiro atoms. The van der Waals surface area contributed by atoms with Crippen LogP contribution >= 0.6 is 0 Å². The highest BCUT2D eigenvalue weighted by Gasteiger charge is 2.31. The summed E-state index contributed by atoms with van der Waals surface area (Å²) in [5.41, 5.74) is 0. The van der Waals surface area contributed by atoms with Crippen LogP contribution in [0.4, 0.5) is 4.79 Å². The van der Waals surface area contributed by atoms with Crippen molar-refractivity contribution in [2.45, 2.75) is 19.0 Å². The van der Waals surface area contributed by atoms with E-state index < -0.39 is 30.7 Å². The fraction of sp³-hybridized carbons (Fsp3) is 0.667. The molecule has 1 aliphatic rings. The van der Waals surface area contributed by atoms with Crippen LogP contribution in [-0.4, -0.2) is 64.8 Å². The van der Waals surface area contributed by atoms with Crippen LogP contribution in [0.5, 0.6) is 0 Å². The van der Waals surface area contributed by atoms with Crippen LogP contribution in [0.25, 0.3) is 0 Å². The number of rotatable bonds is 3. The number of hydrogen-bond acceptors (Lipinski definition) is 4. The van der Waals surface area contributed by atoms with E-state index in [0.29, 0.717) is 13.1 Å². The number of aliphatic carboxylic acids is 1. The maximum Gasteiger partial charge on any atom is 0.328 e. The minimum atomic E-state index is -1.36. The van der Waals surface area contributed by atoms with Gasteiger partial charge < -0.3 is 25.7 Å². The molecule has 1 saturated heterocycles. The van der Waals surface area contributed by atoms with Crippen LogP contribution in [0.3, 0.4) is 0 Å². The van der Waals surface area contributed by atoms with Crippen LogP contribution in [0.1, 0.15) is 6.92 Å². The van der Waals surface area contributed by atoms with E-state index in [-0.39, 0.29) is 5.91 Å². The first-order chi connectivity index (χ1) is 7.97. The number of urea groups is 1. The van der Waals surface area contributed by atoms with E-state index in [1.807, 2.05) is 0 Å². The fourth-order valence-corrected chi connectivity index (χ4v) is 1.48. The van der Waals surface area contributed by atoms with Gasteiger partial charge >= 0.3 is 12.0 Å². The molecule has 0 aliphatic carbocycles. The molecule has 3 amide bonds. The Labute approximate surface area is 97.6 Å². The Morgan fingerprint density at radius 1 is 1.65 bits per heavy atom. The van der Waals surface area contributed by atoms with Crippen molar-refractivity contribution in [1.29, 1.82) is 0 Å². The summed E-state index contributed by atoms with van der Waals surface area (Å²) in [6.45, 7) is 1.47. The molecular formula is C9H15N3O5. The molecule has 1 rings (SSSR count). The van der Waals surface area contributed by atoms with Gasteiger partial charge in [-0.1, -0.05) is 0 Å². The van der Waals surface area contributed by atoms with Gasteiger partial charge in [0.05, 0.1) is 6.61 Å². The quantitative estimate of drug-likeness (QED) is 0.457. The molecule has 0 aromatic heterocycles. The van der Waals surface area contributed by atoms with Gasteiger partial charge in [0.25, 0.3) is 0 Å². The molecule has 0 radical (unpaired) electrons. The number of piperazine rings is 1. The summed E-state index contributed by atoms with van der Waals surface area (Å²) in [7, 11) is 0. The Balaban J connectivity index is 2.63. The average Bonchev–Trinajstić information content (AvgIpc) is 2.28. The minimum absolute atomic E-state index is 0.290. The average molecular weight is 245 g/mol. The Morgan fingerprint density at radius 3 is 2.82 bits per heavy atom. The maximum atomic E-state index is 11.7. The molecule has 0 saturated carbocycles. The summed E-state index contributed by atoms with van der Waals surface area (Å²) >= 11 is 0. The second-order valence-corrected chi connectivity index (χ2v) is 3.68. The predicted octanol–water partition coefficient (Wildman–Crippen LogP) is -2.04. The van der Waals surface area contributed by atoms with Crippen molar-refractivity contribution in [1.82, 2.24) is 15.5 Å². The van der Waals surface area contributed by atoms with E-state index in [1.54, 1.807) is 6.92 Å². The molecule has 0 aromatic rings. The van der Waals surface area contributed by atoms with Crippen molar-refractivity contribution in [2.75, 3.05) is 19.7 Å². The van der Waals surface area contributed by atoms with Crippen LogP contribution in [0, 0.1) is 0 Å². The lowest BCUT2D eigenvalue weighted by molar-refractivity contribution is -0.140. The van der Waals surface area contributed by atoms with E-state index in [1.165, 1.54) is 4.90 Å². The largest absolute Gasteiger partial charge is 0.480 e. The SMILES string of the molecule is CC1C(=O)NCCN1C(=O)N[C@H](CO)C(=O)O. The van der Waals surface area contributed by atoms with Crippen molar-refractivity contribution < 1.29 is 24.6 Å². The molecule has 8 nitrogen and oxygen atoms in total. The third kappa shape index (κ3) is 3.06. The molecule has 8 heteroatoms. The third-order valence-corrected chi connectivity index (χ3v) is 2.54. The van der Waals surface area contributed by atoms with Crippen molar-refractivity contribution >= 4 is 17.9 Å². The topological polar surface area (TPSA) is 119 Å². The van der Waals surface area contributed by atoms with Crippen molar-refractivity contribution in [3.05, 3.63) is 0 Å². The fourth-order valence-electron chi connectivity index (χ4n) is 1.48. The van der Waals surface area contributed by atoms with E-state index in [9.17, 15) is 14.4 Å². The summed E-state index contributed by atoms with van der Waals surface area (Å²) in [6, 6.07) is -2.69. The molecular weight excluding hydrogens is 230 g/mol. The first kappa shape index (κ1) is 13.2. The summed E-state index contributed by atoms with van der Waals surface area (Å²) < 4.78 is 0. The number of nitrogens with one attached hydrogen (secondary N) is 2. The van der Waals surface area contributed by atoms with Crippen molar-refractivity contribution in [3.63, 3.8) is 0 Å². The zero-order valence-corrected chi connectivity index (χ0v) is 9.34. The molecule has 96 valence electrons. The third-order valence-electron chi connectivity index (χ3n) is 2.54. The van der Waals surface area contributed by atoms with E-state index >= 15 is 0 Å². The highest BCUT2D eigenvalue weighted by molar-refractivity contribution is 5.89. The Bertz CT molecular complexity index is 333.